The first kappa shape index (κ1) is 24.1. The van der Waals surface area contributed by atoms with Gasteiger partial charge in [-0.1, -0.05) is 12.8 Å². The van der Waals surface area contributed by atoms with Crippen LogP contribution in [-0.2, 0) is 19.6 Å². The lowest BCUT2D eigenvalue weighted by Gasteiger charge is -2.37. The number of hydrogen-bond acceptors (Lipinski definition) is 5. The fourth-order valence-corrected chi connectivity index (χ4v) is 4.88. The maximum atomic E-state index is 12.6. The molecule has 0 aliphatic carbocycles. The van der Waals surface area contributed by atoms with Crippen molar-refractivity contribution >= 4 is 34.3 Å². The second kappa shape index (κ2) is 11.2. The number of halogens is 1. The summed E-state index contributed by atoms with van der Waals surface area (Å²) < 4.78 is 25.4. The first-order valence-electron chi connectivity index (χ1n) is 9.55. The Hall–Kier alpha value is -0.900. The highest BCUT2D eigenvalue weighted by Gasteiger charge is 2.32. The number of piperidine rings is 1. The highest BCUT2D eigenvalue weighted by molar-refractivity contribution is 7.89. The number of likely N-dealkylation sites (tertiary alicyclic amines) is 1. The minimum atomic E-state index is -3.21. The Labute approximate surface area is 168 Å². The van der Waals surface area contributed by atoms with E-state index in [0.29, 0.717) is 25.9 Å². The molecule has 27 heavy (non-hydrogen) atoms. The molecule has 0 aromatic carbocycles. The number of carboxylic acid groups (broad SMARTS) is 1. The van der Waals surface area contributed by atoms with Crippen LogP contribution in [0.2, 0.25) is 0 Å². The zero-order valence-corrected chi connectivity index (χ0v) is 17.6. The summed E-state index contributed by atoms with van der Waals surface area (Å²) in [5.74, 6) is -0.904. The minimum Gasteiger partial charge on any atom is -0.480 e. The summed E-state index contributed by atoms with van der Waals surface area (Å²) >= 11 is 0. The molecule has 2 fully saturated rings. The third kappa shape index (κ3) is 7.21. The number of carboxylic acids is 1. The Balaban J connectivity index is 0.00000364. The zero-order chi connectivity index (χ0) is 19.2. The molecule has 0 atom stereocenters. The van der Waals surface area contributed by atoms with E-state index < -0.39 is 16.0 Å². The van der Waals surface area contributed by atoms with Crippen molar-refractivity contribution in [3.05, 3.63) is 0 Å². The van der Waals surface area contributed by atoms with Crippen LogP contribution in [-0.4, -0.2) is 90.6 Å². The number of carbonyl (C=O) groups is 2. The van der Waals surface area contributed by atoms with Gasteiger partial charge in [0.1, 0.15) is 0 Å². The Morgan fingerprint density at radius 2 is 1.56 bits per heavy atom. The van der Waals surface area contributed by atoms with E-state index in [4.69, 9.17) is 0 Å². The van der Waals surface area contributed by atoms with Gasteiger partial charge in [0, 0.05) is 32.2 Å². The summed E-state index contributed by atoms with van der Waals surface area (Å²) in [6.45, 7) is 3.78. The van der Waals surface area contributed by atoms with Gasteiger partial charge in [-0.15, -0.1) is 12.4 Å². The Bertz CT molecular complexity index is 585. The van der Waals surface area contributed by atoms with Gasteiger partial charge in [-0.25, -0.2) is 12.7 Å². The topological polar surface area (TPSA) is 98.2 Å². The van der Waals surface area contributed by atoms with Gasteiger partial charge in [0.2, 0.25) is 15.9 Å². The maximum Gasteiger partial charge on any atom is 0.317 e. The quantitative estimate of drug-likeness (QED) is 0.653. The molecule has 0 saturated carbocycles. The van der Waals surface area contributed by atoms with Gasteiger partial charge in [-0.3, -0.25) is 14.5 Å². The molecule has 2 saturated heterocycles. The van der Waals surface area contributed by atoms with Gasteiger partial charge >= 0.3 is 5.97 Å². The molecule has 10 heteroatoms. The van der Waals surface area contributed by atoms with Crippen molar-refractivity contribution in [1.82, 2.24) is 14.1 Å². The number of hydrogen-bond donors (Lipinski definition) is 1. The zero-order valence-electron chi connectivity index (χ0n) is 16.0. The molecule has 0 aromatic rings. The monoisotopic (exact) mass is 425 g/mol. The standard InChI is InChI=1S/C17H31N3O5S.ClH/c1-2-26(24,25)20-11-7-15(8-12-20)19(14-17(22)23)13-16(21)18-9-5-3-4-6-10-18;/h15H,2-14H2,1H3,(H,22,23);1H. The van der Waals surface area contributed by atoms with Crippen LogP contribution in [0.15, 0.2) is 0 Å². The molecule has 2 rings (SSSR count). The molecule has 2 aliphatic rings. The fraction of sp³-hybridized carbons (Fsp3) is 0.882. The molecule has 1 N–H and O–H groups in total. The number of amides is 1. The summed E-state index contributed by atoms with van der Waals surface area (Å²) in [4.78, 5) is 27.5. The molecule has 158 valence electrons. The van der Waals surface area contributed by atoms with Gasteiger partial charge in [0.05, 0.1) is 18.8 Å². The SMILES string of the molecule is CCS(=O)(=O)N1CCC(N(CC(=O)O)CC(=O)N2CCCCCC2)CC1.Cl. The van der Waals surface area contributed by atoms with E-state index in [1.165, 1.54) is 4.31 Å². The molecular weight excluding hydrogens is 394 g/mol. The van der Waals surface area contributed by atoms with E-state index in [-0.39, 0.29) is 43.2 Å². The van der Waals surface area contributed by atoms with Crippen LogP contribution in [0.1, 0.15) is 45.4 Å². The lowest BCUT2D eigenvalue weighted by Crippen LogP contribution is -2.51. The van der Waals surface area contributed by atoms with Gasteiger partial charge in [-0.05, 0) is 32.6 Å². The highest BCUT2D eigenvalue weighted by atomic mass is 35.5. The van der Waals surface area contributed by atoms with Crippen LogP contribution < -0.4 is 0 Å². The summed E-state index contributed by atoms with van der Waals surface area (Å²) in [6.07, 6.45) is 5.37. The van der Waals surface area contributed by atoms with Crippen molar-refractivity contribution < 1.29 is 23.1 Å². The molecular formula is C17H32ClN3O5S. The smallest absolute Gasteiger partial charge is 0.317 e. The van der Waals surface area contributed by atoms with Crippen molar-refractivity contribution in [3.8, 4) is 0 Å². The summed E-state index contributed by atoms with van der Waals surface area (Å²) in [7, 11) is -3.21. The normalized spacial score (nSPS) is 20.1. The number of carbonyl (C=O) groups excluding carboxylic acids is 1. The van der Waals surface area contributed by atoms with Crippen LogP contribution in [0.3, 0.4) is 0 Å². The number of rotatable bonds is 7. The average Bonchev–Trinajstić information content (AvgIpc) is 2.90. The van der Waals surface area contributed by atoms with Gasteiger partial charge in [0.15, 0.2) is 0 Å². The molecule has 0 aromatic heterocycles. The summed E-state index contributed by atoms with van der Waals surface area (Å²) in [5.41, 5.74) is 0. The molecule has 0 unspecified atom stereocenters. The Kier molecular flexibility index (Phi) is 10.0. The summed E-state index contributed by atoms with van der Waals surface area (Å²) in [6, 6.07) is -0.0784. The van der Waals surface area contributed by atoms with Crippen molar-refractivity contribution in [3.63, 3.8) is 0 Å². The molecule has 2 aliphatic heterocycles. The maximum absolute atomic E-state index is 12.6. The van der Waals surface area contributed by atoms with Crippen molar-refractivity contribution in [2.75, 3.05) is 45.0 Å². The Morgan fingerprint density at radius 3 is 2.04 bits per heavy atom. The predicted octanol–water partition coefficient (Wildman–Crippen LogP) is 1.01. The van der Waals surface area contributed by atoms with E-state index in [1.54, 1.807) is 11.8 Å². The number of nitrogens with zero attached hydrogens (tertiary/aromatic N) is 3. The van der Waals surface area contributed by atoms with Gasteiger partial charge in [0.25, 0.3) is 0 Å². The lowest BCUT2D eigenvalue weighted by molar-refractivity contribution is -0.141. The molecule has 1 amide bonds. The van der Waals surface area contributed by atoms with E-state index in [1.807, 2.05) is 4.90 Å². The largest absolute Gasteiger partial charge is 0.480 e. The molecule has 2 heterocycles. The first-order chi connectivity index (χ1) is 12.3. The van der Waals surface area contributed by atoms with Crippen LogP contribution in [0.4, 0.5) is 0 Å². The predicted molar refractivity (Wildman–Crippen MR) is 106 cm³/mol. The average molecular weight is 426 g/mol. The fourth-order valence-electron chi connectivity index (χ4n) is 3.75. The second-order valence-corrected chi connectivity index (χ2v) is 9.38. The van der Waals surface area contributed by atoms with Crippen LogP contribution >= 0.6 is 12.4 Å². The van der Waals surface area contributed by atoms with E-state index in [0.717, 1.165) is 38.8 Å². The Morgan fingerprint density at radius 1 is 1.00 bits per heavy atom. The first-order valence-corrected chi connectivity index (χ1v) is 11.2. The third-order valence-electron chi connectivity index (χ3n) is 5.33. The van der Waals surface area contributed by atoms with E-state index >= 15 is 0 Å². The molecule has 0 spiro atoms. The van der Waals surface area contributed by atoms with Crippen molar-refractivity contribution in [2.45, 2.75) is 51.5 Å². The summed E-state index contributed by atoms with van der Waals surface area (Å²) in [5, 5.41) is 9.23. The van der Waals surface area contributed by atoms with Crippen LogP contribution in [0, 0.1) is 0 Å². The molecule has 0 radical (unpaired) electrons. The lowest BCUT2D eigenvalue weighted by atomic mass is 10.0. The van der Waals surface area contributed by atoms with Gasteiger partial charge < -0.3 is 10.0 Å². The van der Waals surface area contributed by atoms with Crippen molar-refractivity contribution in [2.24, 2.45) is 0 Å². The van der Waals surface area contributed by atoms with E-state index in [9.17, 15) is 23.1 Å². The highest BCUT2D eigenvalue weighted by Crippen LogP contribution is 2.20. The minimum absolute atomic E-state index is 0. The third-order valence-corrected chi connectivity index (χ3v) is 7.22. The van der Waals surface area contributed by atoms with Crippen molar-refractivity contribution in [1.29, 1.82) is 0 Å². The molecule has 8 nitrogen and oxygen atoms in total. The molecule has 0 bridgehead atoms. The van der Waals surface area contributed by atoms with E-state index in [2.05, 4.69) is 0 Å². The van der Waals surface area contributed by atoms with Crippen LogP contribution in [0.25, 0.3) is 0 Å². The number of aliphatic carboxylic acids is 1. The van der Waals surface area contributed by atoms with Crippen LogP contribution in [0.5, 0.6) is 0 Å². The number of sulfonamides is 1. The second-order valence-electron chi connectivity index (χ2n) is 7.12. The van der Waals surface area contributed by atoms with Gasteiger partial charge in [-0.2, -0.15) is 0 Å².